The third-order valence-electron chi connectivity index (χ3n) is 2.17. The number of rotatable bonds is 7. The number of hydrogen-bond donors (Lipinski definition) is 0. The van der Waals surface area contributed by atoms with Gasteiger partial charge in [-0.3, -0.25) is 0 Å². The van der Waals surface area contributed by atoms with E-state index >= 15 is 0 Å². The molecular formula is C14H22O. The standard InChI is InChI=1S/C14H22O/c1-4-5-6-7-8-10-13(2)11-9-12-14(3)15/h7H,4-6,9,11-12H2,1-3H3. The zero-order chi connectivity index (χ0) is 11.5. The monoisotopic (exact) mass is 206 g/mol. The molecule has 0 saturated carbocycles. The first kappa shape index (κ1) is 14.0. The Hall–Kier alpha value is -1.03. The summed E-state index contributed by atoms with van der Waals surface area (Å²) < 4.78 is 0. The predicted molar refractivity (Wildman–Crippen MR) is 64.8 cm³/mol. The summed E-state index contributed by atoms with van der Waals surface area (Å²) in [5, 5.41) is 0. The van der Waals surface area contributed by atoms with E-state index in [4.69, 9.17) is 0 Å². The van der Waals surface area contributed by atoms with Gasteiger partial charge in [0.15, 0.2) is 0 Å². The Morgan fingerprint density at radius 2 is 1.93 bits per heavy atom. The first-order valence-corrected chi connectivity index (χ1v) is 5.82. The number of carbonyl (C=O) groups excluding carboxylic acids is 1. The second kappa shape index (κ2) is 9.52. The van der Waals surface area contributed by atoms with Crippen molar-refractivity contribution in [2.45, 2.75) is 59.3 Å². The van der Waals surface area contributed by atoms with Crippen molar-refractivity contribution in [2.75, 3.05) is 0 Å². The fraction of sp³-hybridized carbons (Fsp3) is 0.643. The maximum Gasteiger partial charge on any atom is 0.129 e. The number of unbranched alkanes of at least 4 members (excludes halogenated alkanes) is 2. The SMILES string of the molecule is CCCCC=C=C=C(C)CCCC(C)=O. The first-order valence-electron chi connectivity index (χ1n) is 5.82. The molecule has 84 valence electrons. The summed E-state index contributed by atoms with van der Waals surface area (Å²) >= 11 is 0. The minimum absolute atomic E-state index is 0.269. The van der Waals surface area contributed by atoms with Crippen molar-refractivity contribution in [2.24, 2.45) is 0 Å². The summed E-state index contributed by atoms with van der Waals surface area (Å²) in [7, 11) is 0. The van der Waals surface area contributed by atoms with Crippen LogP contribution in [0, 0.1) is 0 Å². The zero-order valence-corrected chi connectivity index (χ0v) is 10.2. The topological polar surface area (TPSA) is 17.1 Å². The van der Waals surface area contributed by atoms with Gasteiger partial charge < -0.3 is 4.79 Å². The molecule has 0 fully saturated rings. The molecule has 0 radical (unpaired) electrons. The van der Waals surface area contributed by atoms with Gasteiger partial charge >= 0.3 is 0 Å². The molecule has 1 heteroatoms. The molecule has 0 aliphatic rings. The summed E-state index contributed by atoms with van der Waals surface area (Å²) in [5.74, 6) is 0.269. The average molecular weight is 206 g/mol. The third-order valence-corrected chi connectivity index (χ3v) is 2.17. The number of ketones is 1. The van der Waals surface area contributed by atoms with Crippen molar-refractivity contribution >= 4 is 5.78 Å². The lowest BCUT2D eigenvalue weighted by Crippen LogP contribution is -1.88. The Morgan fingerprint density at radius 3 is 2.53 bits per heavy atom. The molecule has 0 aromatic heterocycles. The maximum atomic E-state index is 10.7. The van der Waals surface area contributed by atoms with Crippen LogP contribution in [0.5, 0.6) is 0 Å². The van der Waals surface area contributed by atoms with Gasteiger partial charge in [-0.15, -0.1) is 0 Å². The lowest BCUT2D eigenvalue weighted by molar-refractivity contribution is -0.117. The molecule has 0 N–H and O–H groups in total. The van der Waals surface area contributed by atoms with Crippen molar-refractivity contribution < 1.29 is 4.79 Å². The smallest absolute Gasteiger partial charge is 0.129 e. The lowest BCUT2D eigenvalue weighted by atomic mass is 10.1. The molecule has 0 spiro atoms. The van der Waals surface area contributed by atoms with Gasteiger partial charge in [0.25, 0.3) is 0 Å². The molecule has 0 amide bonds. The second-order valence-corrected chi connectivity index (χ2v) is 3.95. The van der Waals surface area contributed by atoms with E-state index in [1.807, 2.05) is 13.0 Å². The summed E-state index contributed by atoms with van der Waals surface area (Å²) in [6.45, 7) is 5.86. The van der Waals surface area contributed by atoms with Crippen LogP contribution >= 0.6 is 0 Å². The molecule has 0 atom stereocenters. The van der Waals surface area contributed by atoms with E-state index in [1.165, 1.54) is 18.4 Å². The summed E-state index contributed by atoms with van der Waals surface area (Å²) in [6.07, 6.45) is 8.14. The van der Waals surface area contributed by atoms with Crippen LogP contribution < -0.4 is 0 Å². The largest absolute Gasteiger partial charge is 0.300 e. The number of allylic oxidation sites excluding steroid dienone is 2. The first-order chi connectivity index (χ1) is 7.16. The Bertz CT molecular complexity index is 274. The Labute approximate surface area is 93.6 Å². The summed E-state index contributed by atoms with van der Waals surface area (Å²) in [4.78, 5) is 10.7. The molecule has 0 unspecified atom stereocenters. The molecule has 0 bridgehead atoms. The fourth-order valence-electron chi connectivity index (χ4n) is 1.22. The summed E-state index contributed by atoms with van der Waals surface area (Å²) in [5.41, 5.74) is 7.36. The van der Waals surface area contributed by atoms with Crippen molar-refractivity contribution in [3.05, 3.63) is 23.1 Å². The molecule has 1 nitrogen and oxygen atoms in total. The normalized spacial score (nSPS) is 9.00. The van der Waals surface area contributed by atoms with Crippen molar-refractivity contribution in [3.8, 4) is 0 Å². The molecular weight excluding hydrogens is 184 g/mol. The van der Waals surface area contributed by atoms with E-state index < -0.39 is 0 Å². The molecule has 0 aromatic carbocycles. The van der Waals surface area contributed by atoms with E-state index in [0.29, 0.717) is 6.42 Å². The molecule has 0 aliphatic heterocycles. The third kappa shape index (κ3) is 10.9. The second-order valence-electron chi connectivity index (χ2n) is 3.95. The van der Waals surface area contributed by atoms with Gasteiger partial charge in [-0.2, -0.15) is 0 Å². The lowest BCUT2D eigenvalue weighted by Gasteiger charge is -1.94. The predicted octanol–water partition coefficient (Wildman–Crippen LogP) is 4.19. The van der Waals surface area contributed by atoms with Gasteiger partial charge in [0.2, 0.25) is 0 Å². The Balaban J connectivity index is 3.85. The van der Waals surface area contributed by atoms with Crippen LogP contribution in [0.2, 0.25) is 0 Å². The van der Waals surface area contributed by atoms with Crippen LogP contribution in [0.4, 0.5) is 0 Å². The number of Topliss-reactive ketones (excluding diaryl/α,β-unsaturated/α-hetero) is 1. The Kier molecular flexibility index (Phi) is 8.87. The fourth-order valence-corrected chi connectivity index (χ4v) is 1.22. The summed E-state index contributed by atoms with van der Waals surface area (Å²) in [6, 6.07) is 0. The van der Waals surface area contributed by atoms with Gasteiger partial charge in [-0.25, -0.2) is 0 Å². The van der Waals surface area contributed by atoms with E-state index in [0.717, 1.165) is 19.3 Å². The van der Waals surface area contributed by atoms with Gasteiger partial charge in [-0.05, 0) is 51.2 Å². The molecule has 0 aromatic rings. The van der Waals surface area contributed by atoms with Crippen LogP contribution in [-0.4, -0.2) is 5.78 Å². The highest BCUT2D eigenvalue weighted by molar-refractivity contribution is 5.75. The Morgan fingerprint density at radius 1 is 1.20 bits per heavy atom. The minimum atomic E-state index is 0.269. The van der Waals surface area contributed by atoms with E-state index in [2.05, 4.69) is 18.4 Å². The molecule has 0 aliphatic carbocycles. The van der Waals surface area contributed by atoms with Crippen LogP contribution in [0.25, 0.3) is 0 Å². The van der Waals surface area contributed by atoms with Crippen molar-refractivity contribution in [1.29, 1.82) is 0 Å². The highest BCUT2D eigenvalue weighted by Crippen LogP contribution is 2.04. The van der Waals surface area contributed by atoms with Gasteiger partial charge in [0, 0.05) is 6.42 Å². The van der Waals surface area contributed by atoms with E-state index in [-0.39, 0.29) is 5.78 Å². The quantitative estimate of drug-likeness (QED) is 0.451. The molecule has 0 rings (SSSR count). The van der Waals surface area contributed by atoms with Crippen LogP contribution in [0.1, 0.15) is 59.3 Å². The molecule has 15 heavy (non-hydrogen) atoms. The van der Waals surface area contributed by atoms with Crippen molar-refractivity contribution in [3.63, 3.8) is 0 Å². The average Bonchev–Trinajstić information content (AvgIpc) is 2.17. The maximum absolute atomic E-state index is 10.7. The van der Waals surface area contributed by atoms with Gasteiger partial charge in [0.05, 0.1) is 0 Å². The number of hydrogen-bond acceptors (Lipinski definition) is 1. The van der Waals surface area contributed by atoms with E-state index in [9.17, 15) is 4.79 Å². The van der Waals surface area contributed by atoms with Crippen LogP contribution in [-0.2, 0) is 4.79 Å². The molecule has 0 saturated heterocycles. The van der Waals surface area contributed by atoms with Gasteiger partial charge in [0.1, 0.15) is 5.78 Å². The van der Waals surface area contributed by atoms with Crippen molar-refractivity contribution in [1.82, 2.24) is 0 Å². The zero-order valence-electron chi connectivity index (χ0n) is 10.2. The minimum Gasteiger partial charge on any atom is -0.300 e. The highest BCUT2D eigenvalue weighted by Gasteiger charge is 1.93. The van der Waals surface area contributed by atoms with E-state index in [1.54, 1.807) is 6.92 Å². The van der Waals surface area contributed by atoms with Gasteiger partial charge in [-0.1, -0.05) is 24.8 Å². The number of carbonyl (C=O) groups is 1. The molecule has 0 heterocycles. The highest BCUT2D eigenvalue weighted by atomic mass is 16.1. The van der Waals surface area contributed by atoms with Crippen LogP contribution in [0.15, 0.2) is 23.1 Å². The van der Waals surface area contributed by atoms with Crippen LogP contribution in [0.3, 0.4) is 0 Å².